The fourth-order valence-electron chi connectivity index (χ4n) is 0. The summed E-state index contributed by atoms with van der Waals surface area (Å²) < 4.78 is 0. The molecule has 0 rings (SSSR count). The predicted octanol–water partition coefficient (Wildman–Crippen LogP) is -3.55. The molecular formula is H9AlSiSnZr. The zero-order valence-corrected chi connectivity index (χ0v) is 7.70. The van der Waals surface area contributed by atoms with E-state index >= 15 is 0 Å². The molecule has 0 aromatic heterocycles. The molecule has 4 heavy (non-hydrogen) atoms. The molecule has 0 unspecified atom stereocenters. The second kappa shape index (κ2) is 18.0. The first kappa shape index (κ1) is 32.1. The molecule has 0 spiro atoms. The number of hydrogen-bond acceptors (Lipinski definition) is 0. The Hall–Kier alpha value is 2.43. The summed E-state index contributed by atoms with van der Waals surface area (Å²) in [5, 5.41) is 0. The molecule has 0 saturated heterocycles. The Balaban J connectivity index is 0. The van der Waals surface area contributed by atoms with E-state index in [4.69, 9.17) is 0 Å². The van der Waals surface area contributed by atoms with Crippen molar-refractivity contribution < 1.29 is 26.2 Å². The van der Waals surface area contributed by atoms with E-state index in [0.717, 1.165) is 0 Å². The van der Waals surface area contributed by atoms with Gasteiger partial charge in [0.05, 0.1) is 0 Å². The van der Waals surface area contributed by atoms with Crippen molar-refractivity contribution in [2.75, 3.05) is 0 Å². The Labute approximate surface area is 77.3 Å². The molecule has 0 fully saturated rings. The Bertz CT molecular complexity index is 8.00. The summed E-state index contributed by atoms with van der Waals surface area (Å²) in [5.74, 6) is 0. The molecule has 0 aliphatic heterocycles. The van der Waals surface area contributed by atoms with Crippen molar-refractivity contribution in [1.29, 1.82) is 0 Å². The molecule has 0 nitrogen and oxygen atoms in total. The molecule has 0 atom stereocenters. The Morgan fingerprint density at radius 3 is 1.00 bits per heavy atom. The van der Waals surface area contributed by atoms with Crippen LogP contribution in [-0.2, 0) is 26.2 Å². The quantitative estimate of drug-likeness (QED) is 0.401. The van der Waals surface area contributed by atoms with Crippen LogP contribution in [0.1, 0.15) is 0 Å². The predicted molar refractivity (Wildman–Crippen MR) is 29.8 cm³/mol. The monoisotopic (exact) mass is 274 g/mol. The minimum absolute atomic E-state index is 0. The maximum absolute atomic E-state index is 0. The van der Waals surface area contributed by atoms with Crippen LogP contribution in [0, 0.1) is 0 Å². The van der Waals surface area contributed by atoms with Crippen LogP contribution < -0.4 is 0 Å². The molecule has 4 heteroatoms. The van der Waals surface area contributed by atoms with Crippen LogP contribution in [0.2, 0.25) is 0 Å². The smallest absolute Gasteiger partial charge is 0 e. The SMILES string of the molecule is [AlH3].[SiH4].[SnH2].[Zr]. The van der Waals surface area contributed by atoms with Crippen molar-refractivity contribution in [1.82, 2.24) is 0 Å². The van der Waals surface area contributed by atoms with Crippen LogP contribution in [0.4, 0.5) is 0 Å². The van der Waals surface area contributed by atoms with Gasteiger partial charge in [0, 0.05) is 26.2 Å². The summed E-state index contributed by atoms with van der Waals surface area (Å²) >= 11 is 0. The minimum Gasteiger partial charge on any atom is 0 e. The maximum atomic E-state index is 0. The molecule has 0 aromatic carbocycles. The van der Waals surface area contributed by atoms with Gasteiger partial charge in [-0.2, -0.15) is 0 Å². The molecule has 0 N–H and O–H groups in total. The van der Waals surface area contributed by atoms with Crippen molar-refractivity contribution >= 4 is 52.2 Å². The van der Waals surface area contributed by atoms with Crippen LogP contribution >= 0.6 is 0 Å². The first-order valence-corrected chi connectivity index (χ1v) is 0. The van der Waals surface area contributed by atoms with E-state index in [9.17, 15) is 0 Å². The third-order valence-electron chi connectivity index (χ3n) is 0. The van der Waals surface area contributed by atoms with E-state index in [0.29, 0.717) is 0 Å². The van der Waals surface area contributed by atoms with E-state index in [1.807, 2.05) is 0 Å². The molecule has 2 radical (unpaired) electrons. The number of hydrogen-bond donors (Lipinski definition) is 0. The van der Waals surface area contributed by atoms with Crippen molar-refractivity contribution in [2.45, 2.75) is 0 Å². The average molecular weight is 274 g/mol. The molecule has 0 aromatic rings. The van der Waals surface area contributed by atoms with Crippen molar-refractivity contribution in [3.8, 4) is 0 Å². The minimum atomic E-state index is 0. The van der Waals surface area contributed by atoms with Crippen molar-refractivity contribution in [2.24, 2.45) is 0 Å². The second-order valence-corrected chi connectivity index (χ2v) is 0. The topological polar surface area (TPSA) is 0 Å². The Morgan fingerprint density at radius 2 is 1.00 bits per heavy atom. The van der Waals surface area contributed by atoms with Crippen LogP contribution in [-0.4, -0.2) is 52.2 Å². The van der Waals surface area contributed by atoms with Gasteiger partial charge in [0.1, 0.15) is 0 Å². The van der Waals surface area contributed by atoms with Crippen LogP contribution in [0.15, 0.2) is 0 Å². The molecule has 0 aliphatic carbocycles. The Kier molecular flexibility index (Phi) is 145. The normalized spacial score (nSPS) is 0. The fourth-order valence-corrected chi connectivity index (χ4v) is 0. The van der Waals surface area contributed by atoms with E-state index in [-0.39, 0.29) is 78.4 Å². The largest absolute Gasteiger partial charge is 0 e. The Morgan fingerprint density at radius 1 is 1.00 bits per heavy atom. The van der Waals surface area contributed by atoms with Gasteiger partial charge in [-0.1, -0.05) is 0 Å². The van der Waals surface area contributed by atoms with Gasteiger partial charge < -0.3 is 0 Å². The molecule has 0 bridgehead atoms. The van der Waals surface area contributed by atoms with E-state index < -0.39 is 0 Å². The summed E-state index contributed by atoms with van der Waals surface area (Å²) in [5.41, 5.74) is 0. The summed E-state index contributed by atoms with van der Waals surface area (Å²) in [6.07, 6.45) is 0. The van der Waals surface area contributed by atoms with Gasteiger partial charge in [0.25, 0.3) is 0 Å². The van der Waals surface area contributed by atoms with Crippen LogP contribution in [0.5, 0.6) is 0 Å². The van der Waals surface area contributed by atoms with Gasteiger partial charge in [-0.3, -0.25) is 0 Å². The van der Waals surface area contributed by atoms with Crippen LogP contribution in [0.25, 0.3) is 0 Å². The molecule has 0 aliphatic rings. The second-order valence-electron chi connectivity index (χ2n) is 0. The van der Waals surface area contributed by atoms with Crippen LogP contribution in [0.3, 0.4) is 0 Å². The number of rotatable bonds is 0. The van der Waals surface area contributed by atoms with Crippen molar-refractivity contribution in [3.63, 3.8) is 0 Å². The fraction of sp³-hybridized carbons (Fsp3) is 0. The molecular weight excluding hydrogens is 265 g/mol. The van der Waals surface area contributed by atoms with Gasteiger partial charge >= 0.3 is 23.9 Å². The zero-order chi connectivity index (χ0) is 0. The average Bonchev–Trinajstić information content (AvgIpc) is 0. The van der Waals surface area contributed by atoms with Gasteiger partial charge in [0.15, 0.2) is 17.4 Å². The first-order chi connectivity index (χ1) is 0. The molecule has 0 heterocycles. The summed E-state index contributed by atoms with van der Waals surface area (Å²) in [6, 6.07) is 0. The van der Waals surface area contributed by atoms with Gasteiger partial charge in [0.2, 0.25) is 0 Å². The standard InChI is InChI=1S/Al.H4Si.Sn.Zr.5H/h;1H4;;;;;;;. The van der Waals surface area contributed by atoms with Gasteiger partial charge in [-0.05, 0) is 11.0 Å². The maximum Gasteiger partial charge on any atom is 0 e. The van der Waals surface area contributed by atoms with Gasteiger partial charge in [-0.25, -0.2) is 0 Å². The van der Waals surface area contributed by atoms with Gasteiger partial charge in [-0.15, -0.1) is 0 Å². The summed E-state index contributed by atoms with van der Waals surface area (Å²) in [4.78, 5) is 0. The van der Waals surface area contributed by atoms with Crippen molar-refractivity contribution in [3.05, 3.63) is 0 Å². The summed E-state index contributed by atoms with van der Waals surface area (Å²) in [6.45, 7) is 0. The third kappa shape index (κ3) is 8.83. The molecule has 0 saturated carbocycles. The molecule has 0 amide bonds. The summed E-state index contributed by atoms with van der Waals surface area (Å²) in [7, 11) is 0. The zero-order valence-electron chi connectivity index (χ0n) is 1.21. The van der Waals surface area contributed by atoms with E-state index in [1.165, 1.54) is 0 Å². The third-order valence-corrected chi connectivity index (χ3v) is 0. The first-order valence-electron chi connectivity index (χ1n) is 0. The van der Waals surface area contributed by atoms with E-state index in [1.54, 1.807) is 0 Å². The van der Waals surface area contributed by atoms with E-state index in [2.05, 4.69) is 0 Å². The molecule has 24 valence electrons.